The molecule has 1 atom stereocenters. The average Bonchev–Trinajstić information content (AvgIpc) is 1.88. The van der Waals surface area contributed by atoms with Crippen LogP contribution < -0.4 is 11.5 Å². The van der Waals surface area contributed by atoms with Crippen molar-refractivity contribution in [2.45, 2.75) is 38.6 Å². The highest BCUT2D eigenvalue weighted by atomic mass is 16.1. The van der Waals surface area contributed by atoms with Crippen LogP contribution in [-0.4, -0.2) is 11.4 Å². The predicted molar refractivity (Wildman–Crippen MR) is 41.3 cm³/mol. The number of carbonyl (C=O) groups is 1. The minimum Gasteiger partial charge on any atom is -0.368 e. The average molecular weight is 144 g/mol. The Morgan fingerprint density at radius 1 is 1.50 bits per heavy atom. The molecule has 0 radical (unpaired) electrons. The molecule has 0 aromatic rings. The molecule has 0 spiro atoms. The molecule has 3 heteroatoms. The van der Waals surface area contributed by atoms with Gasteiger partial charge in [-0.05, 0) is 12.8 Å². The van der Waals surface area contributed by atoms with Gasteiger partial charge in [-0.3, -0.25) is 4.79 Å². The van der Waals surface area contributed by atoms with Crippen LogP contribution in [0.2, 0.25) is 0 Å². The fourth-order valence-corrected chi connectivity index (χ4v) is 0.920. The minimum absolute atomic E-state index is 0.392. The second kappa shape index (κ2) is 3.56. The van der Waals surface area contributed by atoms with E-state index < -0.39 is 11.4 Å². The van der Waals surface area contributed by atoms with Crippen LogP contribution >= 0.6 is 0 Å². The molecule has 0 aliphatic rings. The van der Waals surface area contributed by atoms with Crippen molar-refractivity contribution in [2.75, 3.05) is 0 Å². The summed E-state index contributed by atoms with van der Waals surface area (Å²) in [5.74, 6) is -0.392. The van der Waals surface area contributed by atoms with E-state index in [0.29, 0.717) is 12.8 Å². The highest BCUT2D eigenvalue weighted by molar-refractivity contribution is 5.84. The van der Waals surface area contributed by atoms with Crippen molar-refractivity contribution in [1.82, 2.24) is 0 Å². The van der Waals surface area contributed by atoms with Crippen molar-refractivity contribution in [3.63, 3.8) is 0 Å². The molecule has 0 aromatic heterocycles. The molecule has 60 valence electrons. The fraction of sp³-hybridized carbons (Fsp3) is 0.857. The Balaban J connectivity index is 4.08. The Morgan fingerprint density at radius 2 is 2.00 bits per heavy atom. The lowest BCUT2D eigenvalue weighted by Gasteiger charge is -2.22. The maximum Gasteiger partial charge on any atom is 0.237 e. The highest BCUT2D eigenvalue weighted by Crippen LogP contribution is 2.12. The third-order valence-electron chi connectivity index (χ3n) is 1.82. The largest absolute Gasteiger partial charge is 0.368 e. The summed E-state index contributed by atoms with van der Waals surface area (Å²) in [6, 6.07) is 0. The van der Waals surface area contributed by atoms with Crippen molar-refractivity contribution < 1.29 is 4.79 Å². The maximum atomic E-state index is 10.7. The first-order valence-corrected chi connectivity index (χ1v) is 3.65. The van der Waals surface area contributed by atoms with Crippen LogP contribution in [0.25, 0.3) is 0 Å². The number of nitrogens with two attached hydrogens (primary N) is 2. The van der Waals surface area contributed by atoms with E-state index in [1.54, 1.807) is 0 Å². The molecule has 0 heterocycles. The van der Waals surface area contributed by atoms with E-state index >= 15 is 0 Å². The van der Waals surface area contributed by atoms with Gasteiger partial charge in [-0.2, -0.15) is 0 Å². The zero-order valence-corrected chi connectivity index (χ0v) is 6.68. The third kappa shape index (κ3) is 1.99. The highest BCUT2D eigenvalue weighted by Gasteiger charge is 2.27. The first-order valence-electron chi connectivity index (χ1n) is 3.65. The second-order valence-corrected chi connectivity index (χ2v) is 2.62. The number of rotatable bonds is 4. The van der Waals surface area contributed by atoms with E-state index in [-0.39, 0.29) is 0 Å². The molecule has 0 aromatic carbocycles. The number of hydrogen-bond donors (Lipinski definition) is 2. The number of carbonyl (C=O) groups excluding carboxylic acids is 1. The van der Waals surface area contributed by atoms with Gasteiger partial charge in [-0.15, -0.1) is 0 Å². The molecule has 0 saturated carbocycles. The van der Waals surface area contributed by atoms with E-state index in [0.717, 1.165) is 6.42 Å². The SMILES string of the molecule is CCC[C@](N)(CC)C(N)=O. The van der Waals surface area contributed by atoms with Crippen LogP contribution in [0.1, 0.15) is 33.1 Å². The van der Waals surface area contributed by atoms with Gasteiger partial charge in [0.05, 0.1) is 5.54 Å². The van der Waals surface area contributed by atoms with E-state index in [2.05, 4.69) is 0 Å². The summed E-state index contributed by atoms with van der Waals surface area (Å²) in [5, 5.41) is 0. The maximum absolute atomic E-state index is 10.7. The summed E-state index contributed by atoms with van der Waals surface area (Å²) in [4.78, 5) is 10.7. The Kier molecular flexibility index (Phi) is 3.36. The van der Waals surface area contributed by atoms with Crippen LogP contribution in [0.15, 0.2) is 0 Å². The lowest BCUT2D eigenvalue weighted by Crippen LogP contribution is -2.51. The molecule has 0 fully saturated rings. The van der Waals surface area contributed by atoms with Gasteiger partial charge in [-0.1, -0.05) is 20.3 Å². The van der Waals surface area contributed by atoms with Gasteiger partial charge in [-0.25, -0.2) is 0 Å². The lowest BCUT2D eigenvalue weighted by atomic mass is 9.91. The summed E-state index contributed by atoms with van der Waals surface area (Å²) in [7, 11) is 0. The molecule has 0 aliphatic carbocycles. The van der Waals surface area contributed by atoms with Crippen LogP contribution in [0.3, 0.4) is 0 Å². The van der Waals surface area contributed by atoms with Crippen molar-refractivity contribution >= 4 is 5.91 Å². The van der Waals surface area contributed by atoms with E-state index in [9.17, 15) is 4.79 Å². The van der Waals surface area contributed by atoms with Crippen LogP contribution in [0, 0.1) is 0 Å². The van der Waals surface area contributed by atoms with Crippen molar-refractivity contribution in [1.29, 1.82) is 0 Å². The zero-order chi connectivity index (χ0) is 8.20. The molecule has 0 bridgehead atoms. The van der Waals surface area contributed by atoms with Gasteiger partial charge < -0.3 is 11.5 Å². The number of hydrogen-bond acceptors (Lipinski definition) is 2. The molecule has 3 nitrogen and oxygen atoms in total. The number of primary amides is 1. The smallest absolute Gasteiger partial charge is 0.237 e. The first kappa shape index (κ1) is 9.43. The van der Waals surface area contributed by atoms with Gasteiger partial charge >= 0.3 is 0 Å². The molecular weight excluding hydrogens is 128 g/mol. The Labute approximate surface area is 61.8 Å². The fourth-order valence-electron chi connectivity index (χ4n) is 0.920. The van der Waals surface area contributed by atoms with E-state index in [4.69, 9.17) is 11.5 Å². The van der Waals surface area contributed by atoms with E-state index in [1.165, 1.54) is 0 Å². The normalized spacial score (nSPS) is 16.3. The molecule has 0 unspecified atom stereocenters. The molecular formula is C7H16N2O. The van der Waals surface area contributed by atoms with Gasteiger partial charge in [0.1, 0.15) is 0 Å². The van der Waals surface area contributed by atoms with Gasteiger partial charge in [0.25, 0.3) is 0 Å². The molecule has 0 aliphatic heterocycles. The first-order chi connectivity index (χ1) is 4.56. The summed E-state index contributed by atoms with van der Waals surface area (Å²) < 4.78 is 0. The number of amides is 1. The Bertz CT molecular complexity index is 125. The van der Waals surface area contributed by atoms with Crippen molar-refractivity contribution in [2.24, 2.45) is 11.5 Å². The standard InChI is InChI=1S/C7H16N2O/c1-3-5-7(9,4-2)6(8)10/h3-5,9H2,1-2H3,(H2,8,10)/t7-/m1/s1. The monoisotopic (exact) mass is 144 g/mol. The molecule has 4 N–H and O–H groups in total. The molecule has 0 rings (SSSR count). The zero-order valence-electron chi connectivity index (χ0n) is 6.68. The summed E-state index contributed by atoms with van der Waals surface area (Å²) >= 11 is 0. The van der Waals surface area contributed by atoms with Gasteiger partial charge in [0.2, 0.25) is 5.91 Å². The van der Waals surface area contributed by atoms with Gasteiger partial charge in [0, 0.05) is 0 Å². The Hall–Kier alpha value is -0.570. The van der Waals surface area contributed by atoms with Crippen molar-refractivity contribution in [3.05, 3.63) is 0 Å². The van der Waals surface area contributed by atoms with Crippen molar-refractivity contribution in [3.8, 4) is 0 Å². The van der Waals surface area contributed by atoms with Crippen LogP contribution in [-0.2, 0) is 4.79 Å². The topological polar surface area (TPSA) is 69.1 Å². The van der Waals surface area contributed by atoms with E-state index in [1.807, 2.05) is 13.8 Å². The summed E-state index contributed by atoms with van der Waals surface area (Å²) in [5.41, 5.74) is 10.0. The molecule has 10 heavy (non-hydrogen) atoms. The molecule has 0 saturated heterocycles. The Morgan fingerprint density at radius 3 is 2.10 bits per heavy atom. The third-order valence-corrected chi connectivity index (χ3v) is 1.82. The quantitative estimate of drug-likeness (QED) is 0.599. The summed E-state index contributed by atoms with van der Waals surface area (Å²) in [6.07, 6.45) is 2.20. The van der Waals surface area contributed by atoms with Crippen LogP contribution in [0.4, 0.5) is 0 Å². The van der Waals surface area contributed by atoms with Gasteiger partial charge in [0.15, 0.2) is 0 Å². The minimum atomic E-state index is -0.769. The summed E-state index contributed by atoms with van der Waals surface area (Å²) in [6.45, 7) is 3.86. The lowest BCUT2D eigenvalue weighted by molar-refractivity contribution is -0.123. The predicted octanol–water partition coefficient (Wildman–Crippen LogP) is 0.379. The molecule has 1 amide bonds. The second-order valence-electron chi connectivity index (χ2n) is 2.62. The van der Waals surface area contributed by atoms with Crippen LogP contribution in [0.5, 0.6) is 0 Å².